The van der Waals surface area contributed by atoms with Crippen molar-refractivity contribution in [3.8, 4) is 0 Å². The van der Waals surface area contributed by atoms with Crippen LogP contribution < -0.4 is 5.73 Å². The fourth-order valence-corrected chi connectivity index (χ4v) is 3.30. The highest BCUT2D eigenvalue weighted by Crippen LogP contribution is 2.27. The van der Waals surface area contributed by atoms with Gasteiger partial charge in [-0.2, -0.15) is 4.91 Å². The number of carbonyl (C=O) groups is 2. The second-order valence-corrected chi connectivity index (χ2v) is 8.19. The van der Waals surface area contributed by atoms with Crippen molar-refractivity contribution in [1.82, 2.24) is 4.57 Å². The van der Waals surface area contributed by atoms with Crippen LogP contribution in [0.15, 0.2) is 47.6 Å². The van der Waals surface area contributed by atoms with E-state index in [-0.39, 0.29) is 29.2 Å². The number of hydrogen-bond donors (Lipinski definition) is 2. The Morgan fingerprint density at radius 3 is 2.44 bits per heavy atom. The Balaban J connectivity index is 2.16. The number of aromatic nitrogens is 1. The smallest absolute Gasteiger partial charge is 0.419 e. The predicted molar refractivity (Wildman–Crippen MR) is 121 cm³/mol. The summed E-state index contributed by atoms with van der Waals surface area (Å²) in [5.41, 5.74) is 7.54. The Morgan fingerprint density at radius 1 is 1.12 bits per heavy atom. The average Bonchev–Trinajstić information content (AvgIpc) is 3.10. The van der Waals surface area contributed by atoms with E-state index >= 15 is 0 Å². The molecule has 0 aliphatic carbocycles. The molecule has 0 fully saturated rings. The van der Waals surface area contributed by atoms with Gasteiger partial charge in [0.2, 0.25) is 0 Å². The van der Waals surface area contributed by atoms with Gasteiger partial charge in [0, 0.05) is 16.6 Å². The molecule has 0 saturated heterocycles. The zero-order chi connectivity index (χ0) is 23.6. The highest BCUT2D eigenvalue weighted by Gasteiger charge is 2.25. The number of fused-ring (bicyclic) bond motifs is 1. The van der Waals surface area contributed by atoms with E-state index in [1.54, 1.807) is 45.0 Å². The van der Waals surface area contributed by atoms with Crippen LogP contribution in [0.2, 0.25) is 0 Å². The number of hydrogen-bond acceptors (Lipinski definition) is 8. The summed E-state index contributed by atoms with van der Waals surface area (Å²) in [4.78, 5) is 35.5. The fraction of sp³-hybridized carbons (Fsp3) is 0.261. The van der Waals surface area contributed by atoms with Gasteiger partial charge in [-0.3, -0.25) is 5.41 Å². The standard InChI is InChI=1S/C23H24N4O5/c1-23(2,3)32-22(29)27-18-8-5-13(12-26-30)9-15(18)11-19(27)20(25)16-7-6-14(10-17(16)24)21(28)31-4/h5-11,25H,12,24H2,1-4H3. The van der Waals surface area contributed by atoms with E-state index in [0.29, 0.717) is 22.0 Å². The summed E-state index contributed by atoms with van der Waals surface area (Å²) >= 11 is 0. The molecule has 0 aliphatic rings. The second kappa shape index (κ2) is 8.62. The third-order valence-corrected chi connectivity index (χ3v) is 4.69. The van der Waals surface area contributed by atoms with Crippen molar-refractivity contribution in [3.05, 3.63) is 69.8 Å². The molecule has 0 radical (unpaired) electrons. The van der Waals surface area contributed by atoms with Gasteiger partial charge in [-0.1, -0.05) is 11.2 Å². The summed E-state index contributed by atoms with van der Waals surface area (Å²) in [5, 5.41) is 12.3. The Bertz CT molecular complexity index is 1240. The molecule has 0 spiro atoms. The molecule has 3 aromatic rings. The summed E-state index contributed by atoms with van der Waals surface area (Å²) in [6, 6.07) is 11.2. The zero-order valence-corrected chi connectivity index (χ0v) is 18.3. The minimum absolute atomic E-state index is 0.0116. The van der Waals surface area contributed by atoms with Crippen LogP contribution in [0.1, 0.15) is 48.0 Å². The van der Waals surface area contributed by atoms with Gasteiger partial charge in [0.05, 0.1) is 29.6 Å². The molecular weight excluding hydrogens is 412 g/mol. The van der Waals surface area contributed by atoms with Crippen LogP contribution in [-0.4, -0.2) is 35.1 Å². The van der Waals surface area contributed by atoms with Crippen LogP contribution in [0, 0.1) is 10.3 Å². The molecular formula is C23H24N4O5. The summed E-state index contributed by atoms with van der Waals surface area (Å²) in [5.74, 6) is -0.547. The van der Waals surface area contributed by atoms with Gasteiger partial charge < -0.3 is 15.2 Å². The minimum atomic E-state index is -0.754. The SMILES string of the molecule is COC(=O)c1ccc(C(=N)c2cc3cc(CN=O)ccc3n2C(=O)OC(C)(C)C)c(N)c1. The Kier molecular flexibility index (Phi) is 6.11. The number of nitrogens with zero attached hydrogens (tertiary/aromatic N) is 2. The largest absolute Gasteiger partial charge is 0.465 e. The van der Waals surface area contributed by atoms with Gasteiger partial charge in [-0.15, -0.1) is 0 Å². The van der Waals surface area contributed by atoms with Crippen molar-refractivity contribution < 1.29 is 19.1 Å². The highest BCUT2D eigenvalue weighted by molar-refractivity contribution is 6.17. The maximum absolute atomic E-state index is 13.1. The summed E-state index contributed by atoms with van der Waals surface area (Å²) in [6.45, 7) is 5.24. The van der Waals surface area contributed by atoms with E-state index in [1.165, 1.54) is 29.9 Å². The van der Waals surface area contributed by atoms with Crippen molar-refractivity contribution in [2.24, 2.45) is 5.18 Å². The Hall–Kier alpha value is -4.01. The second-order valence-electron chi connectivity index (χ2n) is 8.19. The molecule has 2 aromatic carbocycles. The van der Waals surface area contributed by atoms with Crippen molar-refractivity contribution in [3.63, 3.8) is 0 Å². The van der Waals surface area contributed by atoms with Crippen molar-refractivity contribution in [1.29, 1.82) is 5.41 Å². The van der Waals surface area contributed by atoms with E-state index in [2.05, 4.69) is 5.18 Å². The number of nitrogens with one attached hydrogen (secondary N) is 1. The monoisotopic (exact) mass is 436 g/mol. The molecule has 9 heteroatoms. The number of esters is 1. The number of nitroso groups, excluding NO2 is 1. The summed E-state index contributed by atoms with van der Waals surface area (Å²) in [7, 11) is 1.27. The number of carbonyl (C=O) groups excluding carboxylic acids is 2. The Labute approximate surface area is 184 Å². The summed E-state index contributed by atoms with van der Waals surface area (Å²) < 4.78 is 11.6. The van der Waals surface area contributed by atoms with Crippen LogP contribution >= 0.6 is 0 Å². The molecule has 1 heterocycles. The first kappa shape index (κ1) is 22.7. The van der Waals surface area contributed by atoms with Crippen LogP contribution in [-0.2, 0) is 16.0 Å². The number of ether oxygens (including phenoxy) is 2. The first-order chi connectivity index (χ1) is 15.1. The third kappa shape index (κ3) is 4.51. The molecule has 166 valence electrons. The lowest BCUT2D eigenvalue weighted by Crippen LogP contribution is -2.29. The van der Waals surface area contributed by atoms with Gasteiger partial charge >= 0.3 is 12.1 Å². The molecule has 0 bridgehead atoms. The topological polar surface area (TPSA) is 137 Å². The van der Waals surface area contributed by atoms with E-state index in [9.17, 15) is 14.5 Å². The predicted octanol–water partition coefficient (Wildman–Crippen LogP) is 4.48. The number of methoxy groups -OCH3 is 1. The first-order valence-electron chi connectivity index (χ1n) is 9.79. The lowest BCUT2D eigenvalue weighted by Gasteiger charge is -2.21. The average molecular weight is 436 g/mol. The van der Waals surface area contributed by atoms with Gasteiger partial charge in [0.15, 0.2) is 0 Å². The molecule has 0 unspecified atom stereocenters. The minimum Gasteiger partial charge on any atom is -0.465 e. The molecule has 1 aromatic heterocycles. The lowest BCUT2D eigenvalue weighted by atomic mass is 10.0. The van der Waals surface area contributed by atoms with E-state index in [1.807, 2.05) is 0 Å². The molecule has 0 saturated carbocycles. The number of nitrogen functional groups attached to an aromatic ring is 1. The van der Waals surface area contributed by atoms with Gasteiger partial charge in [0.25, 0.3) is 0 Å². The molecule has 3 rings (SSSR count). The zero-order valence-electron chi connectivity index (χ0n) is 18.3. The molecule has 9 nitrogen and oxygen atoms in total. The van der Waals surface area contributed by atoms with Gasteiger partial charge in [-0.05, 0) is 62.7 Å². The van der Waals surface area contributed by atoms with Crippen molar-refractivity contribution >= 4 is 34.4 Å². The van der Waals surface area contributed by atoms with Crippen LogP contribution in [0.4, 0.5) is 10.5 Å². The molecule has 0 atom stereocenters. The number of rotatable bonds is 5. The first-order valence-corrected chi connectivity index (χ1v) is 9.79. The number of anilines is 1. The maximum atomic E-state index is 13.1. The Morgan fingerprint density at radius 2 is 1.84 bits per heavy atom. The number of nitrogens with two attached hydrogens (primary N) is 1. The fourth-order valence-electron chi connectivity index (χ4n) is 3.30. The van der Waals surface area contributed by atoms with E-state index in [0.717, 1.165) is 0 Å². The maximum Gasteiger partial charge on any atom is 0.419 e. The van der Waals surface area contributed by atoms with Crippen LogP contribution in [0.3, 0.4) is 0 Å². The van der Waals surface area contributed by atoms with E-state index in [4.69, 9.17) is 20.6 Å². The third-order valence-electron chi connectivity index (χ3n) is 4.69. The van der Waals surface area contributed by atoms with Gasteiger partial charge in [-0.25, -0.2) is 14.2 Å². The molecule has 0 amide bonds. The lowest BCUT2D eigenvalue weighted by molar-refractivity contribution is 0.0542. The van der Waals surface area contributed by atoms with Crippen LogP contribution in [0.25, 0.3) is 10.9 Å². The number of benzene rings is 2. The quantitative estimate of drug-likeness (QED) is 0.262. The van der Waals surface area contributed by atoms with Crippen molar-refractivity contribution in [2.45, 2.75) is 32.9 Å². The molecule has 3 N–H and O–H groups in total. The summed E-state index contributed by atoms with van der Waals surface area (Å²) in [6.07, 6.45) is -0.654. The molecule has 0 aliphatic heterocycles. The van der Waals surface area contributed by atoms with Crippen molar-refractivity contribution in [2.75, 3.05) is 12.8 Å². The highest BCUT2D eigenvalue weighted by atomic mass is 16.6. The van der Waals surface area contributed by atoms with E-state index < -0.39 is 17.7 Å². The normalized spacial score (nSPS) is 11.2. The van der Waals surface area contributed by atoms with Gasteiger partial charge in [0.1, 0.15) is 12.1 Å². The molecule has 32 heavy (non-hydrogen) atoms. The van der Waals surface area contributed by atoms with Crippen LogP contribution in [0.5, 0.6) is 0 Å².